The molecule has 3 N–H and O–H groups in total. The number of carboxylic acids is 1. The molecule has 0 amide bonds. The number of aromatic nitrogens is 1. The third-order valence-electron chi connectivity index (χ3n) is 3.13. The first kappa shape index (κ1) is 14.4. The number of H-pyrrole nitrogens is 1. The Morgan fingerprint density at radius 2 is 2.25 bits per heavy atom. The van der Waals surface area contributed by atoms with Crippen LogP contribution in [0.4, 0.5) is 0 Å². The molecule has 0 bridgehead atoms. The second kappa shape index (κ2) is 6.40. The highest BCUT2D eigenvalue weighted by molar-refractivity contribution is 5.90. The normalized spacial score (nSPS) is 12.5. The average Bonchev–Trinajstić information content (AvgIpc) is 2.86. The van der Waals surface area contributed by atoms with Crippen molar-refractivity contribution in [3.05, 3.63) is 30.0 Å². The molecule has 0 fully saturated rings. The minimum atomic E-state index is -0.926. The highest BCUT2D eigenvalue weighted by atomic mass is 16.5. The van der Waals surface area contributed by atoms with Crippen molar-refractivity contribution >= 4 is 16.9 Å². The molecule has 1 heterocycles. The fraction of sp³-hybridized carbons (Fsp3) is 0.357. The van der Waals surface area contributed by atoms with Crippen LogP contribution in [0.25, 0.3) is 10.9 Å². The summed E-state index contributed by atoms with van der Waals surface area (Å²) in [5, 5.41) is 13.2. The number of carboxylic acid groups (broad SMARTS) is 1. The molecule has 1 aromatic carbocycles. The van der Waals surface area contributed by atoms with Crippen LogP contribution in [0.15, 0.2) is 24.4 Å². The van der Waals surface area contributed by atoms with Crippen molar-refractivity contribution in [2.75, 3.05) is 27.4 Å². The number of carbonyl (C=O) groups is 1. The van der Waals surface area contributed by atoms with Crippen LogP contribution in [0.5, 0.6) is 5.75 Å². The van der Waals surface area contributed by atoms with Crippen LogP contribution < -0.4 is 10.1 Å². The van der Waals surface area contributed by atoms with Crippen LogP contribution in [0, 0.1) is 0 Å². The Hall–Kier alpha value is -2.05. The lowest BCUT2D eigenvalue weighted by Gasteiger charge is -2.13. The Bertz CT molecular complexity index is 594. The van der Waals surface area contributed by atoms with Gasteiger partial charge in [-0.2, -0.15) is 0 Å². The predicted octanol–water partition coefficient (Wildman–Crippen LogP) is 1.54. The third kappa shape index (κ3) is 2.92. The van der Waals surface area contributed by atoms with E-state index >= 15 is 0 Å². The van der Waals surface area contributed by atoms with E-state index in [2.05, 4.69) is 10.3 Å². The molecule has 2 rings (SSSR count). The summed E-state index contributed by atoms with van der Waals surface area (Å²) in [6.07, 6.45) is 1.71. The fourth-order valence-electron chi connectivity index (χ4n) is 2.12. The molecule has 1 unspecified atom stereocenters. The lowest BCUT2D eigenvalue weighted by atomic mass is 10.1. The molecule has 2 aromatic rings. The van der Waals surface area contributed by atoms with Gasteiger partial charge in [-0.05, 0) is 18.2 Å². The summed E-state index contributed by atoms with van der Waals surface area (Å²) in [4.78, 5) is 14.5. The Morgan fingerprint density at radius 1 is 1.45 bits per heavy atom. The highest BCUT2D eigenvalue weighted by Crippen LogP contribution is 2.27. The van der Waals surface area contributed by atoms with E-state index in [9.17, 15) is 9.90 Å². The van der Waals surface area contributed by atoms with Gasteiger partial charge in [0.1, 0.15) is 11.8 Å². The van der Waals surface area contributed by atoms with Crippen LogP contribution in [0.2, 0.25) is 0 Å². The average molecular weight is 278 g/mol. The van der Waals surface area contributed by atoms with E-state index < -0.39 is 12.0 Å². The van der Waals surface area contributed by atoms with Crippen molar-refractivity contribution in [1.29, 1.82) is 0 Å². The van der Waals surface area contributed by atoms with Crippen LogP contribution in [-0.2, 0) is 9.53 Å². The Labute approximate surface area is 116 Å². The van der Waals surface area contributed by atoms with Gasteiger partial charge in [0.2, 0.25) is 0 Å². The zero-order chi connectivity index (χ0) is 14.5. The van der Waals surface area contributed by atoms with Gasteiger partial charge in [0.25, 0.3) is 0 Å². The SMILES string of the molecule is COCCNC(C(=O)O)c1c[nH]c2ccc(OC)cc12. The van der Waals surface area contributed by atoms with Gasteiger partial charge in [0.05, 0.1) is 13.7 Å². The first-order chi connectivity index (χ1) is 9.67. The van der Waals surface area contributed by atoms with Crippen molar-refractivity contribution in [1.82, 2.24) is 10.3 Å². The Kier molecular flexibility index (Phi) is 4.60. The lowest BCUT2D eigenvalue weighted by Crippen LogP contribution is -2.30. The zero-order valence-corrected chi connectivity index (χ0v) is 11.5. The number of hydrogen-bond donors (Lipinski definition) is 3. The van der Waals surface area contributed by atoms with E-state index in [1.165, 1.54) is 0 Å². The van der Waals surface area contributed by atoms with Crippen LogP contribution in [0.1, 0.15) is 11.6 Å². The first-order valence-electron chi connectivity index (χ1n) is 6.27. The second-order valence-electron chi connectivity index (χ2n) is 4.37. The van der Waals surface area contributed by atoms with Gasteiger partial charge in [-0.1, -0.05) is 0 Å². The number of benzene rings is 1. The molecular formula is C14H18N2O4. The summed E-state index contributed by atoms with van der Waals surface area (Å²) < 4.78 is 10.1. The van der Waals surface area contributed by atoms with Gasteiger partial charge in [-0.25, -0.2) is 0 Å². The molecule has 0 saturated carbocycles. The molecule has 0 aliphatic heterocycles. The smallest absolute Gasteiger partial charge is 0.325 e. The number of fused-ring (bicyclic) bond motifs is 1. The second-order valence-corrected chi connectivity index (χ2v) is 4.37. The van der Waals surface area contributed by atoms with Gasteiger partial charge in [-0.3, -0.25) is 10.1 Å². The standard InChI is InChI=1S/C14H18N2O4/c1-19-6-5-15-13(14(17)18)11-8-16-12-4-3-9(20-2)7-10(11)12/h3-4,7-8,13,15-16H,5-6H2,1-2H3,(H,17,18). The van der Waals surface area contributed by atoms with Crippen molar-refractivity contribution < 1.29 is 19.4 Å². The number of methoxy groups -OCH3 is 2. The minimum Gasteiger partial charge on any atom is -0.497 e. The molecule has 108 valence electrons. The molecule has 0 spiro atoms. The van der Waals surface area contributed by atoms with E-state index in [0.29, 0.717) is 24.5 Å². The number of nitrogens with one attached hydrogen (secondary N) is 2. The maximum absolute atomic E-state index is 11.4. The van der Waals surface area contributed by atoms with Crippen LogP contribution in [-0.4, -0.2) is 43.4 Å². The molecule has 0 saturated heterocycles. The number of rotatable bonds is 7. The van der Waals surface area contributed by atoms with Gasteiger partial charge >= 0.3 is 5.97 Å². The summed E-state index contributed by atoms with van der Waals surface area (Å²) in [6.45, 7) is 0.916. The topological polar surface area (TPSA) is 83.6 Å². The first-order valence-corrected chi connectivity index (χ1v) is 6.27. The number of ether oxygens (including phenoxy) is 2. The minimum absolute atomic E-state index is 0.454. The van der Waals surface area contributed by atoms with Crippen LogP contribution in [0.3, 0.4) is 0 Å². The Morgan fingerprint density at radius 3 is 2.90 bits per heavy atom. The molecule has 6 heteroatoms. The molecule has 0 aliphatic carbocycles. The lowest BCUT2D eigenvalue weighted by molar-refractivity contribution is -0.139. The largest absolute Gasteiger partial charge is 0.497 e. The van der Waals surface area contributed by atoms with E-state index in [4.69, 9.17) is 9.47 Å². The maximum Gasteiger partial charge on any atom is 0.325 e. The molecular weight excluding hydrogens is 260 g/mol. The van der Waals surface area contributed by atoms with E-state index in [1.54, 1.807) is 20.4 Å². The Balaban J connectivity index is 2.34. The van der Waals surface area contributed by atoms with Gasteiger partial charge in [-0.15, -0.1) is 0 Å². The monoisotopic (exact) mass is 278 g/mol. The van der Waals surface area contributed by atoms with Gasteiger partial charge in [0, 0.05) is 36.3 Å². The highest BCUT2D eigenvalue weighted by Gasteiger charge is 2.22. The molecule has 0 radical (unpaired) electrons. The molecule has 1 aromatic heterocycles. The molecule has 0 aliphatic rings. The van der Waals surface area contributed by atoms with Crippen molar-refractivity contribution in [3.8, 4) is 5.75 Å². The fourth-order valence-corrected chi connectivity index (χ4v) is 2.12. The van der Waals surface area contributed by atoms with Gasteiger partial charge < -0.3 is 19.6 Å². The summed E-state index contributed by atoms with van der Waals surface area (Å²) >= 11 is 0. The zero-order valence-electron chi connectivity index (χ0n) is 11.5. The number of hydrogen-bond acceptors (Lipinski definition) is 4. The summed E-state index contributed by atoms with van der Waals surface area (Å²) in [6, 6.07) is 4.74. The third-order valence-corrected chi connectivity index (χ3v) is 3.13. The summed E-state index contributed by atoms with van der Waals surface area (Å²) in [5.74, 6) is -0.232. The van der Waals surface area contributed by atoms with Crippen LogP contribution >= 0.6 is 0 Å². The van der Waals surface area contributed by atoms with E-state index in [1.807, 2.05) is 18.2 Å². The summed E-state index contributed by atoms with van der Waals surface area (Å²) in [7, 11) is 3.16. The summed E-state index contributed by atoms with van der Waals surface area (Å²) in [5.41, 5.74) is 1.56. The van der Waals surface area contributed by atoms with Gasteiger partial charge in [0.15, 0.2) is 0 Å². The van der Waals surface area contributed by atoms with Crippen molar-refractivity contribution in [2.24, 2.45) is 0 Å². The quantitative estimate of drug-likeness (QED) is 0.669. The number of aromatic amines is 1. The van der Waals surface area contributed by atoms with E-state index in [-0.39, 0.29) is 0 Å². The predicted molar refractivity (Wildman–Crippen MR) is 75.1 cm³/mol. The van der Waals surface area contributed by atoms with Crippen molar-refractivity contribution in [3.63, 3.8) is 0 Å². The van der Waals surface area contributed by atoms with E-state index in [0.717, 1.165) is 10.9 Å². The molecule has 20 heavy (non-hydrogen) atoms. The maximum atomic E-state index is 11.4. The molecule has 6 nitrogen and oxygen atoms in total. The molecule has 1 atom stereocenters. The number of aliphatic carboxylic acids is 1. The van der Waals surface area contributed by atoms with Crippen molar-refractivity contribution in [2.45, 2.75) is 6.04 Å².